The first-order chi connectivity index (χ1) is 17.9. The Bertz CT molecular complexity index is 952. The van der Waals surface area contributed by atoms with E-state index in [-0.39, 0.29) is 37.5 Å². The van der Waals surface area contributed by atoms with Gasteiger partial charge in [-0.15, -0.1) is 0 Å². The Morgan fingerprint density at radius 2 is 1.45 bits per heavy atom. The van der Waals surface area contributed by atoms with Crippen LogP contribution in [0, 0.1) is 0 Å². The van der Waals surface area contributed by atoms with Gasteiger partial charge in [-0.3, -0.25) is 24.2 Å². The van der Waals surface area contributed by atoms with E-state index < -0.39 is 47.9 Å². The normalized spacial score (nSPS) is 13.9. The average molecular weight is 537 g/mol. The lowest BCUT2D eigenvalue weighted by Crippen LogP contribution is -2.57. The summed E-state index contributed by atoms with van der Waals surface area (Å²) < 4.78 is 0. The number of nitrogens with one attached hydrogen (secondary N) is 3. The first-order valence-electron chi connectivity index (χ1n) is 12.4. The number of carbonyl (C=O) groups excluding carboxylic acids is 3. The number of rotatable bonds is 17. The zero-order chi connectivity index (χ0) is 28.7. The van der Waals surface area contributed by atoms with Gasteiger partial charge < -0.3 is 49.1 Å². The second-order valence-corrected chi connectivity index (χ2v) is 8.90. The SMILES string of the molecule is CC(NC(=O)C(CCCCN)NC(=O)C(CCCN=C(N)N)NC(=O)C(N)Cc1ccc(O)cc1)C(=O)O. The minimum Gasteiger partial charge on any atom is -0.508 e. The van der Waals surface area contributed by atoms with Crippen molar-refractivity contribution in [3.8, 4) is 5.75 Å². The number of phenolic OH excluding ortho intramolecular Hbond substituents is 1. The quantitative estimate of drug-likeness (QED) is 0.0600. The summed E-state index contributed by atoms with van der Waals surface area (Å²) in [4.78, 5) is 53.8. The molecule has 0 aliphatic carbocycles. The molecule has 38 heavy (non-hydrogen) atoms. The molecule has 13 N–H and O–H groups in total. The molecular formula is C24H40N8O6. The van der Waals surface area contributed by atoms with Crippen molar-refractivity contribution < 1.29 is 29.4 Å². The molecule has 0 saturated carbocycles. The van der Waals surface area contributed by atoms with Gasteiger partial charge in [-0.2, -0.15) is 0 Å². The number of guanidine groups is 1. The van der Waals surface area contributed by atoms with Crippen molar-refractivity contribution in [2.24, 2.45) is 27.9 Å². The Labute approximate surface area is 221 Å². The number of aliphatic imine (C=N–C) groups is 1. The summed E-state index contributed by atoms with van der Waals surface area (Å²) in [7, 11) is 0. The Kier molecular flexibility index (Phi) is 14.2. The van der Waals surface area contributed by atoms with E-state index in [0.717, 1.165) is 0 Å². The van der Waals surface area contributed by atoms with E-state index in [4.69, 9.17) is 28.0 Å². The van der Waals surface area contributed by atoms with Crippen LogP contribution in [0.1, 0.15) is 44.6 Å². The molecule has 14 nitrogen and oxygen atoms in total. The topological polar surface area (TPSA) is 261 Å². The summed E-state index contributed by atoms with van der Waals surface area (Å²) in [5.41, 5.74) is 23.0. The third-order valence-corrected chi connectivity index (χ3v) is 5.62. The number of unbranched alkanes of at least 4 members (excludes halogenated alkanes) is 1. The molecule has 0 aliphatic heterocycles. The fraction of sp³-hybridized carbons (Fsp3) is 0.542. The molecule has 14 heteroatoms. The van der Waals surface area contributed by atoms with Crippen LogP contribution in [0.25, 0.3) is 0 Å². The van der Waals surface area contributed by atoms with Crippen LogP contribution in [0.15, 0.2) is 29.3 Å². The van der Waals surface area contributed by atoms with Crippen LogP contribution >= 0.6 is 0 Å². The predicted octanol–water partition coefficient (Wildman–Crippen LogP) is -2.00. The molecule has 0 fully saturated rings. The maximum atomic E-state index is 13.2. The first kappa shape index (κ1) is 32.1. The smallest absolute Gasteiger partial charge is 0.325 e. The zero-order valence-electron chi connectivity index (χ0n) is 21.6. The highest BCUT2D eigenvalue weighted by molar-refractivity contribution is 5.94. The van der Waals surface area contributed by atoms with Gasteiger partial charge >= 0.3 is 5.97 Å². The van der Waals surface area contributed by atoms with Gasteiger partial charge in [0.05, 0.1) is 6.04 Å². The Morgan fingerprint density at radius 1 is 0.895 bits per heavy atom. The number of benzene rings is 1. The number of aliphatic carboxylic acids is 1. The standard InChI is InChI=1S/C24H40N8O6/c1-14(23(37)38)30-21(35)18(5-2-3-11-25)32-22(36)19(6-4-12-29-24(27)28)31-20(34)17(26)13-15-7-9-16(33)10-8-15/h7-10,14,17-19,33H,2-6,11-13,25-26H2,1H3,(H,30,35)(H,31,34)(H,32,36)(H,37,38)(H4,27,28,29). The van der Waals surface area contributed by atoms with E-state index in [1.54, 1.807) is 12.1 Å². The van der Waals surface area contributed by atoms with Gasteiger partial charge in [0.1, 0.15) is 23.9 Å². The van der Waals surface area contributed by atoms with Crippen LogP contribution in [0.2, 0.25) is 0 Å². The number of carbonyl (C=O) groups is 4. The van der Waals surface area contributed by atoms with E-state index >= 15 is 0 Å². The molecule has 0 aliphatic rings. The lowest BCUT2D eigenvalue weighted by molar-refractivity contribution is -0.141. The van der Waals surface area contributed by atoms with E-state index in [0.29, 0.717) is 31.4 Å². The van der Waals surface area contributed by atoms with Crippen molar-refractivity contribution in [1.29, 1.82) is 0 Å². The second-order valence-electron chi connectivity index (χ2n) is 8.90. The van der Waals surface area contributed by atoms with E-state index in [1.165, 1.54) is 19.1 Å². The van der Waals surface area contributed by atoms with Crippen molar-refractivity contribution in [2.75, 3.05) is 13.1 Å². The fourth-order valence-electron chi connectivity index (χ4n) is 3.44. The minimum absolute atomic E-state index is 0.0760. The molecule has 212 valence electrons. The molecule has 0 heterocycles. The highest BCUT2D eigenvalue weighted by Gasteiger charge is 2.29. The molecule has 3 amide bonds. The van der Waals surface area contributed by atoms with Crippen LogP contribution < -0.4 is 38.9 Å². The molecule has 1 aromatic rings. The largest absolute Gasteiger partial charge is 0.508 e. The maximum Gasteiger partial charge on any atom is 0.325 e. The number of phenols is 1. The van der Waals surface area contributed by atoms with Gasteiger partial charge in [-0.25, -0.2) is 0 Å². The molecule has 1 rings (SSSR count). The van der Waals surface area contributed by atoms with Crippen molar-refractivity contribution in [2.45, 2.75) is 69.6 Å². The molecule has 1 aromatic carbocycles. The van der Waals surface area contributed by atoms with Crippen LogP contribution in [-0.4, -0.2) is 77.1 Å². The summed E-state index contributed by atoms with van der Waals surface area (Å²) in [6.07, 6.45) is 1.96. The van der Waals surface area contributed by atoms with E-state index in [2.05, 4.69) is 20.9 Å². The molecule has 0 aromatic heterocycles. The lowest BCUT2D eigenvalue weighted by atomic mass is 10.0. The minimum atomic E-state index is -1.22. The number of carboxylic acids is 1. The Hall–Kier alpha value is -3.91. The number of amides is 3. The summed E-state index contributed by atoms with van der Waals surface area (Å²) >= 11 is 0. The third-order valence-electron chi connectivity index (χ3n) is 5.62. The number of nitrogens with two attached hydrogens (primary N) is 4. The molecule has 4 atom stereocenters. The number of carboxylic acid groups (broad SMARTS) is 1. The third kappa shape index (κ3) is 12.4. The molecule has 0 spiro atoms. The lowest BCUT2D eigenvalue weighted by Gasteiger charge is -2.25. The summed E-state index contributed by atoms with van der Waals surface area (Å²) in [6.45, 7) is 1.90. The van der Waals surface area contributed by atoms with Crippen molar-refractivity contribution in [3.63, 3.8) is 0 Å². The highest BCUT2D eigenvalue weighted by atomic mass is 16.4. The summed E-state index contributed by atoms with van der Waals surface area (Å²) in [5.74, 6) is -3.17. The number of nitrogens with zero attached hydrogens (tertiary/aromatic N) is 1. The van der Waals surface area contributed by atoms with E-state index in [9.17, 15) is 24.3 Å². The molecule has 0 radical (unpaired) electrons. The van der Waals surface area contributed by atoms with Gasteiger partial charge in [0.25, 0.3) is 0 Å². The van der Waals surface area contributed by atoms with Crippen molar-refractivity contribution >= 4 is 29.7 Å². The molecule has 4 unspecified atom stereocenters. The monoisotopic (exact) mass is 536 g/mol. The van der Waals surface area contributed by atoms with Gasteiger partial charge in [0.2, 0.25) is 17.7 Å². The molecule has 0 saturated heterocycles. The Balaban J connectivity index is 2.98. The number of hydrogen-bond donors (Lipinski definition) is 9. The summed E-state index contributed by atoms with van der Waals surface area (Å²) in [6, 6.07) is 1.94. The average Bonchev–Trinajstić information content (AvgIpc) is 2.86. The molecule has 0 bridgehead atoms. The van der Waals surface area contributed by atoms with Crippen LogP contribution in [-0.2, 0) is 25.6 Å². The maximum absolute atomic E-state index is 13.2. The van der Waals surface area contributed by atoms with Crippen LogP contribution in [0.4, 0.5) is 0 Å². The fourth-order valence-corrected chi connectivity index (χ4v) is 3.44. The van der Waals surface area contributed by atoms with E-state index in [1.807, 2.05) is 0 Å². The predicted molar refractivity (Wildman–Crippen MR) is 142 cm³/mol. The van der Waals surface area contributed by atoms with Gasteiger partial charge in [0, 0.05) is 6.54 Å². The highest BCUT2D eigenvalue weighted by Crippen LogP contribution is 2.11. The van der Waals surface area contributed by atoms with Gasteiger partial charge in [-0.1, -0.05) is 12.1 Å². The summed E-state index contributed by atoms with van der Waals surface area (Å²) in [5, 5.41) is 26.1. The molecular weight excluding hydrogens is 496 g/mol. The van der Waals surface area contributed by atoms with Gasteiger partial charge in [0.15, 0.2) is 5.96 Å². The number of aromatic hydroxyl groups is 1. The van der Waals surface area contributed by atoms with Gasteiger partial charge in [-0.05, 0) is 69.7 Å². The zero-order valence-corrected chi connectivity index (χ0v) is 21.6. The number of hydrogen-bond acceptors (Lipinski definition) is 8. The first-order valence-corrected chi connectivity index (χ1v) is 12.4. The van der Waals surface area contributed by atoms with Crippen molar-refractivity contribution in [3.05, 3.63) is 29.8 Å². The van der Waals surface area contributed by atoms with Crippen LogP contribution in [0.5, 0.6) is 5.75 Å². The van der Waals surface area contributed by atoms with Crippen LogP contribution in [0.3, 0.4) is 0 Å². The van der Waals surface area contributed by atoms with Crippen molar-refractivity contribution in [1.82, 2.24) is 16.0 Å². The Morgan fingerprint density at radius 3 is 2.00 bits per heavy atom. The second kappa shape index (κ2) is 16.8.